The van der Waals surface area contributed by atoms with Crippen LogP contribution >= 0.6 is 0 Å². The Kier molecular flexibility index (Phi) is 7.21. The fraction of sp³-hybridized carbons (Fsp3) is 0.364. The van der Waals surface area contributed by atoms with Crippen LogP contribution in [0.1, 0.15) is 17.2 Å². The number of morpholine rings is 1. The number of rotatable bonds is 8. The number of ether oxygens (including phenoxy) is 3. The van der Waals surface area contributed by atoms with Gasteiger partial charge in [-0.2, -0.15) is 0 Å². The first-order chi connectivity index (χ1) is 14.1. The number of benzene rings is 2. The number of likely N-dealkylation sites (N-methyl/N-ethyl adjacent to an activating group) is 1. The summed E-state index contributed by atoms with van der Waals surface area (Å²) < 4.78 is 16.3. The van der Waals surface area contributed by atoms with Gasteiger partial charge >= 0.3 is 0 Å². The van der Waals surface area contributed by atoms with Crippen LogP contribution in [0.5, 0.6) is 5.75 Å². The molecule has 1 fully saturated rings. The Hall–Kier alpha value is -2.90. The van der Waals surface area contributed by atoms with Crippen LogP contribution in [-0.2, 0) is 25.7 Å². The molecule has 3 rings (SSSR count). The van der Waals surface area contributed by atoms with E-state index in [9.17, 15) is 9.59 Å². The van der Waals surface area contributed by atoms with Gasteiger partial charge in [-0.3, -0.25) is 9.59 Å². The van der Waals surface area contributed by atoms with Crippen LogP contribution in [0.25, 0.3) is 0 Å². The van der Waals surface area contributed by atoms with Gasteiger partial charge in [0.25, 0.3) is 5.91 Å². The Bertz CT molecular complexity index is 810. The van der Waals surface area contributed by atoms with Gasteiger partial charge in [0.05, 0.1) is 26.4 Å². The number of nitrogens with zero attached hydrogens (tertiary/aromatic N) is 1. The molecular formula is C22H26N2O5. The van der Waals surface area contributed by atoms with Gasteiger partial charge in [0, 0.05) is 13.6 Å². The van der Waals surface area contributed by atoms with E-state index in [-0.39, 0.29) is 18.4 Å². The summed E-state index contributed by atoms with van der Waals surface area (Å²) in [6.07, 6.45) is -0.762. The zero-order valence-electron chi connectivity index (χ0n) is 16.7. The third kappa shape index (κ3) is 5.34. The highest BCUT2D eigenvalue weighted by Crippen LogP contribution is 2.29. The molecule has 29 heavy (non-hydrogen) atoms. The lowest BCUT2D eigenvalue weighted by Gasteiger charge is -2.38. The van der Waals surface area contributed by atoms with Crippen molar-refractivity contribution in [2.24, 2.45) is 0 Å². The zero-order valence-corrected chi connectivity index (χ0v) is 16.7. The van der Waals surface area contributed by atoms with Crippen molar-refractivity contribution in [3.8, 4) is 5.75 Å². The van der Waals surface area contributed by atoms with E-state index < -0.39 is 12.1 Å². The summed E-state index contributed by atoms with van der Waals surface area (Å²) in [5.41, 5.74) is 1.89. The van der Waals surface area contributed by atoms with Crippen molar-refractivity contribution < 1.29 is 23.8 Å². The standard InChI is InChI=1S/C22H26N2O5/c1-24-19(25)15-29-21(20(24)17-6-4-3-5-7-17)22(26)23-12-13-28-14-16-8-10-18(27-2)11-9-16/h3-11,20-21H,12-15H2,1-2H3,(H,23,26)/t20-,21+/m1/s1. The first kappa shape index (κ1) is 20.8. The van der Waals surface area contributed by atoms with E-state index in [2.05, 4.69) is 5.32 Å². The van der Waals surface area contributed by atoms with E-state index in [1.165, 1.54) is 0 Å². The number of carbonyl (C=O) groups is 2. The predicted molar refractivity (Wildman–Crippen MR) is 107 cm³/mol. The smallest absolute Gasteiger partial charge is 0.251 e. The molecule has 0 aromatic heterocycles. The Morgan fingerprint density at radius 3 is 2.59 bits per heavy atom. The number of hydrogen-bond donors (Lipinski definition) is 1. The molecule has 7 nitrogen and oxygen atoms in total. The molecular weight excluding hydrogens is 372 g/mol. The molecule has 2 amide bonds. The molecule has 1 heterocycles. The lowest BCUT2D eigenvalue weighted by atomic mass is 9.97. The van der Waals surface area contributed by atoms with Gasteiger partial charge < -0.3 is 24.4 Å². The first-order valence-electron chi connectivity index (χ1n) is 9.50. The quantitative estimate of drug-likeness (QED) is 0.688. The second-order valence-corrected chi connectivity index (χ2v) is 6.78. The van der Waals surface area contributed by atoms with Crippen LogP contribution in [0, 0.1) is 0 Å². The molecule has 0 radical (unpaired) electrons. The van der Waals surface area contributed by atoms with E-state index in [4.69, 9.17) is 14.2 Å². The second kappa shape index (κ2) is 10.0. The molecule has 0 aliphatic carbocycles. The van der Waals surface area contributed by atoms with Crippen molar-refractivity contribution in [1.29, 1.82) is 0 Å². The van der Waals surface area contributed by atoms with E-state index in [1.54, 1.807) is 19.1 Å². The molecule has 0 saturated carbocycles. The Balaban J connectivity index is 1.50. The minimum absolute atomic E-state index is 0.105. The molecule has 0 unspecified atom stereocenters. The lowest BCUT2D eigenvalue weighted by molar-refractivity contribution is -0.162. The van der Waals surface area contributed by atoms with Crippen LogP contribution in [0.3, 0.4) is 0 Å². The van der Waals surface area contributed by atoms with Crippen molar-refractivity contribution in [3.05, 3.63) is 65.7 Å². The molecule has 154 valence electrons. The van der Waals surface area contributed by atoms with E-state index in [1.807, 2.05) is 54.6 Å². The Morgan fingerprint density at radius 2 is 1.90 bits per heavy atom. The summed E-state index contributed by atoms with van der Waals surface area (Å²) >= 11 is 0. The van der Waals surface area contributed by atoms with Crippen LogP contribution in [0.4, 0.5) is 0 Å². The fourth-order valence-corrected chi connectivity index (χ4v) is 3.24. The van der Waals surface area contributed by atoms with Crippen molar-refractivity contribution in [2.45, 2.75) is 18.8 Å². The molecule has 2 atom stereocenters. The van der Waals surface area contributed by atoms with Crippen LogP contribution < -0.4 is 10.1 Å². The van der Waals surface area contributed by atoms with Gasteiger partial charge in [0.1, 0.15) is 12.4 Å². The normalized spacial score (nSPS) is 19.1. The summed E-state index contributed by atoms with van der Waals surface area (Å²) in [6, 6.07) is 16.6. The van der Waals surface area contributed by atoms with Crippen molar-refractivity contribution in [2.75, 3.05) is 33.9 Å². The molecule has 1 aliphatic heterocycles. The summed E-state index contributed by atoms with van der Waals surface area (Å²) in [5.74, 6) is 0.391. The first-order valence-corrected chi connectivity index (χ1v) is 9.50. The van der Waals surface area contributed by atoms with Crippen LogP contribution in [-0.4, -0.2) is 56.7 Å². The highest BCUT2D eigenvalue weighted by Gasteiger charge is 2.39. The molecule has 1 aliphatic rings. The van der Waals surface area contributed by atoms with Gasteiger partial charge in [0.2, 0.25) is 5.91 Å². The average molecular weight is 398 g/mol. The summed E-state index contributed by atoms with van der Waals surface area (Å²) in [7, 11) is 3.32. The largest absolute Gasteiger partial charge is 0.497 e. The topological polar surface area (TPSA) is 77.1 Å². The molecule has 2 aromatic carbocycles. The minimum Gasteiger partial charge on any atom is -0.497 e. The van der Waals surface area contributed by atoms with Gasteiger partial charge in [-0.05, 0) is 23.3 Å². The van der Waals surface area contributed by atoms with Crippen molar-refractivity contribution in [3.63, 3.8) is 0 Å². The Labute approximate surface area is 170 Å². The fourth-order valence-electron chi connectivity index (χ4n) is 3.24. The molecule has 2 aromatic rings. The van der Waals surface area contributed by atoms with Crippen molar-refractivity contribution in [1.82, 2.24) is 10.2 Å². The van der Waals surface area contributed by atoms with E-state index in [0.29, 0.717) is 19.8 Å². The van der Waals surface area contributed by atoms with Gasteiger partial charge in [-0.25, -0.2) is 0 Å². The number of nitrogens with one attached hydrogen (secondary N) is 1. The van der Waals surface area contributed by atoms with E-state index >= 15 is 0 Å². The maximum Gasteiger partial charge on any atom is 0.251 e. The molecule has 1 saturated heterocycles. The monoisotopic (exact) mass is 398 g/mol. The van der Waals surface area contributed by atoms with Gasteiger partial charge in [-0.1, -0.05) is 42.5 Å². The second-order valence-electron chi connectivity index (χ2n) is 6.78. The Morgan fingerprint density at radius 1 is 1.17 bits per heavy atom. The maximum absolute atomic E-state index is 12.7. The summed E-state index contributed by atoms with van der Waals surface area (Å²) in [4.78, 5) is 26.3. The van der Waals surface area contributed by atoms with Crippen molar-refractivity contribution >= 4 is 11.8 Å². The number of methoxy groups -OCH3 is 1. The molecule has 0 spiro atoms. The average Bonchev–Trinajstić information content (AvgIpc) is 2.76. The lowest BCUT2D eigenvalue weighted by Crippen LogP contribution is -2.53. The number of hydrogen-bond acceptors (Lipinski definition) is 5. The SMILES string of the molecule is COc1ccc(COCCNC(=O)[C@H]2OCC(=O)N(C)[C@@H]2c2ccccc2)cc1. The summed E-state index contributed by atoms with van der Waals surface area (Å²) in [6.45, 7) is 1.07. The van der Waals surface area contributed by atoms with Crippen LogP contribution in [0.2, 0.25) is 0 Å². The van der Waals surface area contributed by atoms with Gasteiger partial charge in [0.15, 0.2) is 6.10 Å². The molecule has 7 heteroatoms. The van der Waals surface area contributed by atoms with Crippen LogP contribution in [0.15, 0.2) is 54.6 Å². The highest BCUT2D eigenvalue weighted by molar-refractivity contribution is 5.86. The van der Waals surface area contributed by atoms with E-state index in [0.717, 1.165) is 16.9 Å². The highest BCUT2D eigenvalue weighted by atomic mass is 16.5. The summed E-state index contributed by atoms with van der Waals surface area (Å²) in [5, 5.41) is 2.85. The number of carbonyl (C=O) groups excluding carboxylic acids is 2. The molecule has 0 bridgehead atoms. The van der Waals surface area contributed by atoms with Gasteiger partial charge in [-0.15, -0.1) is 0 Å². The third-order valence-corrected chi connectivity index (χ3v) is 4.86. The maximum atomic E-state index is 12.7. The zero-order chi connectivity index (χ0) is 20.6. The number of amides is 2. The minimum atomic E-state index is -0.762. The predicted octanol–water partition coefficient (Wildman–Crippen LogP) is 1.93. The third-order valence-electron chi connectivity index (χ3n) is 4.86. The molecule has 1 N–H and O–H groups in total.